The van der Waals surface area contributed by atoms with Crippen LogP contribution in [0.4, 0.5) is 0 Å². The third-order valence-electron chi connectivity index (χ3n) is 2.84. The van der Waals surface area contributed by atoms with E-state index in [2.05, 4.69) is 53.7 Å². The molecule has 0 aliphatic carbocycles. The molecule has 0 heteroatoms. The van der Waals surface area contributed by atoms with E-state index in [0.29, 0.717) is 0 Å². The third-order valence-corrected chi connectivity index (χ3v) is 2.84. The zero-order chi connectivity index (χ0) is 9.72. The molecule has 12 heavy (non-hydrogen) atoms. The summed E-state index contributed by atoms with van der Waals surface area (Å²) in [7, 11) is 0. The highest BCUT2D eigenvalue weighted by Crippen LogP contribution is 2.27. The van der Waals surface area contributed by atoms with E-state index in [9.17, 15) is 0 Å². The highest BCUT2D eigenvalue weighted by molar-refractivity contribution is 4.90. The second kappa shape index (κ2) is 5.40. The van der Waals surface area contributed by atoms with Crippen LogP contribution in [0.25, 0.3) is 0 Å². The summed E-state index contributed by atoms with van der Waals surface area (Å²) >= 11 is 0. The molecule has 0 spiro atoms. The number of hydrogen-bond donors (Lipinski definition) is 0. The lowest BCUT2D eigenvalue weighted by Crippen LogP contribution is -2.20. The van der Waals surface area contributed by atoms with Crippen LogP contribution in [0.3, 0.4) is 0 Å². The van der Waals surface area contributed by atoms with Gasteiger partial charge in [0.25, 0.3) is 0 Å². The van der Waals surface area contributed by atoms with Crippen molar-refractivity contribution in [1.82, 2.24) is 0 Å². The molecule has 0 N–H and O–H groups in total. The number of allylic oxidation sites excluding steroid dienone is 2. The van der Waals surface area contributed by atoms with E-state index in [4.69, 9.17) is 0 Å². The Morgan fingerprint density at radius 3 is 1.58 bits per heavy atom. The summed E-state index contributed by atoms with van der Waals surface area (Å²) in [5.41, 5.74) is 0. The second-order valence-corrected chi connectivity index (χ2v) is 4.45. The maximum Gasteiger partial charge on any atom is -0.0182 e. The summed E-state index contributed by atoms with van der Waals surface area (Å²) in [6.45, 7) is 13.7. The molecule has 0 aliphatic rings. The van der Waals surface area contributed by atoms with Gasteiger partial charge in [-0.1, -0.05) is 46.8 Å². The molecule has 0 radical (unpaired) electrons. The van der Waals surface area contributed by atoms with Gasteiger partial charge in [-0.3, -0.25) is 0 Å². The van der Waals surface area contributed by atoms with Gasteiger partial charge in [0.1, 0.15) is 0 Å². The van der Waals surface area contributed by atoms with Crippen LogP contribution in [0.1, 0.15) is 41.5 Å². The molecule has 0 rings (SSSR count). The van der Waals surface area contributed by atoms with E-state index in [1.165, 1.54) is 0 Å². The fourth-order valence-corrected chi connectivity index (χ4v) is 1.67. The van der Waals surface area contributed by atoms with Crippen molar-refractivity contribution in [2.45, 2.75) is 41.5 Å². The Labute approximate surface area is 78.1 Å². The first-order valence-corrected chi connectivity index (χ1v) is 5.13. The van der Waals surface area contributed by atoms with Gasteiger partial charge < -0.3 is 0 Å². The van der Waals surface area contributed by atoms with Gasteiger partial charge in [-0.05, 0) is 30.6 Å². The Hall–Kier alpha value is -0.260. The van der Waals surface area contributed by atoms with Crippen molar-refractivity contribution in [3.05, 3.63) is 12.2 Å². The third kappa shape index (κ3) is 3.42. The van der Waals surface area contributed by atoms with Gasteiger partial charge in [0.05, 0.1) is 0 Å². The summed E-state index contributed by atoms with van der Waals surface area (Å²) in [4.78, 5) is 0. The zero-order valence-corrected chi connectivity index (χ0v) is 9.46. The molecule has 0 saturated carbocycles. The molecule has 0 saturated heterocycles. The largest absolute Gasteiger partial charge is 0.0914 e. The van der Waals surface area contributed by atoms with Crippen LogP contribution in [0.2, 0.25) is 0 Å². The van der Waals surface area contributed by atoms with Crippen molar-refractivity contribution in [3.8, 4) is 0 Å². The standard InChI is InChI=1S/C12H24/c1-7-8-12(10(4)5)11(6)9(2)3/h7-12H,1-6H3. The van der Waals surface area contributed by atoms with Gasteiger partial charge in [0.2, 0.25) is 0 Å². The lowest BCUT2D eigenvalue weighted by Gasteiger charge is -2.27. The molecule has 0 amide bonds. The SMILES string of the molecule is CC=CC(C(C)C)C(C)C(C)C. The highest BCUT2D eigenvalue weighted by atomic mass is 14.2. The molecule has 0 aromatic heterocycles. The van der Waals surface area contributed by atoms with E-state index >= 15 is 0 Å². The monoisotopic (exact) mass is 168 g/mol. The smallest absolute Gasteiger partial charge is 0.0182 e. The fourth-order valence-electron chi connectivity index (χ4n) is 1.67. The predicted molar refractivity (Wildman–Crippen MR) is 57.1 cm³/mol. The van der Waals surface area contributed by atoms with Crippen LogP contribution in [0.5, 0.6) is 0 Å². The van der Waals surface area contributed by atoms with Gasteiger partial charge in [0, 0.05) is 0 Å². The van der Waals surface area contributed by atoms with Crippen molar-refractivity contribution in [1.29, 1.82) is 0 Å². The average molecular weight is 168 g/mol. The molecule has 2 atom stereocenters. The quantitative estimate of drug-likeness (QED) is 0.554. The first-order chi connectivity index (χ1) is 5.50. The minimum absolute atomic E-state index is 0.745. The van der Waals surface area contributed by atoms with E-state index in [1.54, 1.807) is 0 Å². The van der Waals surface area contributed by atoms with Crippen LogP contribution in [0.15, 0.2) is 12.2 Å². The van der Waals surface area contributed by atoms with Gasteiger partial charge in [-0.2, -0.15) is 0 Å². The molecule has 2 unspecified atom stereocenters. The lowest BCUT2D eigenvalue weighted by molar-refractivity contribution is 0.264. The fraction of sp³-hybridized carbons (Fsp3) is 0.833. The Balaban J connectivity index is 4.29. The van der Waals surface area contributed by atoms with Gasteiger partial charge in [-0.15, -0.1) is 0 Å². The Morgan fingerprint density at radius 1 is 0.833 bits per heavy atom. The van der Waals surface area contributed by atoms with Gasteiger partial charge >= 0.3 is 0 Å². The first-order valence-electron chi connectivity index (χ1n) is 5.13. The van der Waals surface area contributed by atoms with E-state index < -0.39 is 0 Å². The number of rotatable bonds is 4. The number of hydrogen-bond acceptors (Lipinski definition) is 0. The van der Waals surface area contributed by atoms with Gasteiger partial charge in [-0.25, -0.2) is 0 Å². The zero-order valence-electron chi connectivity index (χ0n) is 9.46. The van der Waals surface area contributed by atoms with E-state index in [0.717, 1.165) is 23.7 Å². The van der Waals surface area contributed by atoms with Crippen LogP contribution in [-0.2, 0) is 0 Å². The summed E-state index contributed by atoms with van der Waals surface area (Å²) in [6.07, 6.45) is 4.54. The van der Waals surface area contributed by atoms with Crippen LogP contribution in [-0.4, -0.2) is 0 Å². The van der Waals surface area contributed by atoms with Crippen LogP contribution in [0, 0.1) is 23.7 Å². The second-order valence-electron chi connectivity index (χ2n) is 4.45. The van der Waals surface area contributed by atoms with Crippen LogP contribution >= 0.6 is 0 Å². The summed E-state index contributed by atoms with van der Waals surface area (Å²) < 4.78 is 0. The normalized spacial score (nSPS) is 17.7. The maximum atomic E-state index is 2.36. The van der Waals surface area contributed by atoms with E-state index in [1.807, 2.05) is 0 Å². The molecule has 0 bridgehead atoms. The van der Waals surface area contributed by atoms with Crippen molar-refractivity contribution >= 4 is 0 Å². The molecule has 0 aromatic carbocycles. The van der Waals surface area contributed by atoms with Crippen molar-refractivity contribution in [2.24, 2.45) is 23.7 Å². The molecular formula is C12H24. The molecule has 0 heterocycles. The van der Waals surface area contributed by atoms with Crippen molar-refractivity contribution in [3.63, 3.8) is 0 Å². The topological polar surface area (TPSA) is 0 Å². The molecule has 0 aliphatic heterocycles. The average Bonchev–Trinajstić information content (AvgIpc) is 1.98. The molecule has 0 fully saturated rings. The van der Waals surface area contributed by atoms with Crippen LogP contribution < -0.4 is 0 Å². The Bertz CT molecular complexity index is 131. The molecule has 0 aromatic rings. The summed E-state index contributed by atoms with van der Waals surface area (Å²) in [6, 6.07) is 0. The summed E-state index contributed by atoms with van der Waals surface area (Å²) in [5, 5.41) is 0. The van der Waals surface area contributed by atoms with Gasteiger partial charge in [0.15, 0.2) is 0 Å². The predicted octanol–water partition coefficient (Wildman–Crippen LogP) is 4.13. The van der Waals surface area contributed by atoms with E-state index in [-0.39, 0.29) is 0 Å². The summed E-state index contributed by atoms with van der Waals surface area (Å²) in [5.74, 6) is 3.09. The highest BCUT2D eigenvalue weighted by Gasteiger charge is 2.20. The molecule has 72 valence electrons. The lowest BCUT2D eigenvalue weighted by atomic mass is 9.78. The first kappa shape index (κ1) is 11.7. The molecule has 0 nitrogen and oxygen atoms in total. The minimum Gasteiger partial charge on any atom is -0.0914 e. The maximum absolute atomic E-state index is 2.36. The van der Waals surface area contributed by atoms with Crippen molar-refractivity contribution < 1.29 is 0 Å². The Kier molecular flexibility index (Phi) is 5.28. The van der Waals surface area contributed by atoms with Crippen molar-refractivity contribution in [2.75, 3.05) is 0 Å². The Morgan fingerprint density at radius 2 is 1.33 bits per heavy atom. The molecular weight excluding hydrogens is 144 g/mol. The minimum atomic E-state index is 0.745.